The zero-order valence-electron chi connectivity index (χ0n) is 16.8. The van der Waals surface area contributed by atoms with Gasteiger partial charge in [0.2, 0.25) is 10.0 Å². The van der Waals surface area contributed by atoms with Crippen LogP contribution in [-0.2, 0) is 19.6 Å². The first kappa shape index (κ1) is 21.7. The Kier molecular flexibility index (Phi) is 6.58. The molecule has 1 aliphatic carbocycles. The second-order valence-corrected chi connectivity index (χ2v) is 10.00. The van der Waals surface area contributed by atoms with E-state index in [2.05, 4.69) is 0 Å². The normalized spacial score (nSPS) is 22.3. The van der Waals surface area contributed by atoms with E-state index >= 15 is 0 Å². The van der Waals surface area contributed by atoms with Crippen molar-refractivity contribution in [2.45, 2.75) is 49.5 Å². The Bertz CT molecular complexity index is 885. The third-order valence-electron chi connectivity index (χ3n) is 5.83. The van der Waals surface area contributed by atoms with Crippen LogP contribution in [0.25, 0.3) is 0 Å². The minimum atomic E-state index is -3.83. The molecule has 0 spiro atoms. The van der Waals surface area contributed by atoms with Gasteiger partial charge in [-0.2, -0.15) is 0 Å². The highest BCUT2D eigenvalue weighted by atomic mass is 32.2. The number of likely N-dealkylation sites (tertiary alicyclic amines) is 1. The summed E-state index contributed by atoms with van der Waals surface area (Å²) >= 11 is 0. The van der Waals surface area contributed by atoms with E-state index in [1.807, 2.05) is 0 Å². The van der Waals surface area contributed by atoms with Crippen LogP contribution in [0.3, 0.4) is 0 Å². The van der Waals surface area contributed by atoms with Crippen molar-refractivity contribution in [3.05, 3.63) is 29.6 Å². The largest absolute Gasteiger partial charge is 0.452 e. The van der Waals surface area contributed by atoms with Crippen LogP contribution >= 0.6 is 0 Å². The van der Waals surface area contributed by atoms with Gasteiger partial charge >= 0.3 is 5.97 Å². The molecule has 3 rings (SSSR count). The minimum absolute atomic E-state index is 0.189. The van der Waals surface area contributed by atoms with Gasteiger partial charge in [0, 0.05) is 26.7 Å². The van der Waals surface area contributed by atoms with Crippen molar-refractivity contribution in [1.29, 1.82) is 0 Å². The monoisotopic (exact) mass is 426 g/mol. The first-order valence-electron chi connectivity index (χ1n) is 9.90. The van der Waals surface area contributed by atoms with Crippen molar-refractivity contribution >= 4 is 21.9 Å². The van der Waals surface area contributed by atoms with E-state index in [0.29, 0.717) is 12.5 Å². The number of sulfonamides is 1. The van der Waals surface area contributed by atoms with E-state index in [4.69, 9.17) is 4.74 Å². The smallest absolute Gasteiger partial charge is 0.341 e. The predicted molar refractivity (Wildman–Crippen MR) is 104 cm³/mol. The van der Waals surface area contributed by atoms with Crippen LogP contribution < -0.4 is 0 Å². The molecule has 1 saturated heterocycles. The number of ether oxygens (including phenoxy) is 1. The fourth-order valence-electron chi connectivity index (χ4n) is 4.25. The van der Waals surface area contributed by atoms with Crippen molar-refractivity contribution in [1.82, 2.24) is 9.21 Å². The number of hydrogen-bond donors (Lipinski definition) is 0. The maximum Gasteiger partial charge on any atom is 0.341 e. The molecule has 7 nitrogen and oxygen atoms in total. The van der Waals surface area contributed by atoms with Gasteiger partial charge in [-0.25, -0.2) is 21.9 Å². The lowest BCUT2D eigenvalue weighted by molar-refractivity contribution is -0.140. The molecule has 0 radical (unpaired) electrons. The van der Waals surface area contributed by atoms with E-state index in [0.717, 1.165) is 54.6 Å². The summed E-state index contributed by atoms with van der Waals surface area (Å²) in [7, 11) is -1.15. The molecule has 29 heavy (non-hydrogen) atoms. The van der Waals surface area contributed by atoms with Gasteiger partial charge in [0.15, 0.2) is 6.61 Å². The highest BCUT2D eigenvalue weighted by Crippen LogP contribution is 2.35. The number of carbonyl (C=O) groups is 2. The summed E-state index contributed by atoms with van der Waals surface area (Å²) in [5.74, 6) is -1.73. The lowest BCUT2D eigenvalue weighted by Gasteiger charge is -2.44. The zero-order chi connectivity index (χ0) is 21.2. The molecule has 1 saturated carbocycles. The number of benzene rings is 1. The first-order chi connectivity index (χ1) is 13.7. The molecule has 9 heteroatoms. The van der Waals surface area contributed by atoms with Crippen LogP contribution in [-0.4, -0.2) is 62.8 Å². The molecule has 160 valence electrons. The Morgan fingerprint density at radius 3 is 2.59 bits per heavy atom. The molecule has 1 amide bonds. The third-order valence-corrected chi connectivity index (χ3v) is 7.64. The first-order valence-corrected chi connectivity index (χ1v) is 11.3. The molecule has 1 aromatic rings. The molecule has 2 aliphatic rings. The van der Waals surface area contributed by atoms with Crippen molar-refractivity contribution in [2.24, 2.45) is 5.92 Å². The number of carbonyl (C=O) groups excluding carboxylic acids is 2. The summed E-state index contributed by atoms with van der Waals surface area (Å²) in [6.45, 7) is 0.161. The van der Waals surface area contributed by atoms with Crippen LogP contribution in [0.4, 0.5) is 4.39 Å². The van der Waals surface area contributed by atoms with Gasteiger partial charge in [-0.1, -0.05) is 12.8 Å². The van der Waals surface area contributed by atoms with E-state index in [1.54, 1.807) is 4.90 Å². The van der Waals surface area contributed by atoms with E-state index in [9.17, 15) is 22.4 Å². The van der Waals surface area contributed by atoms with Gasteiger partial charge in [0.1, 0.15) is 5.82 Å². The molecular formula is C20H27FN2O5S. The Hall–Kier alpha value is -2.00. The Morgan fingerprint density at radius 2 is 1.86 bits per heavy atom. The van der Waals surface area contributed by atoms with Crippen LogP contribution in [0.1, 0.15) is 48.9 Å². The highest BCUT2D eigenvalue weighted by molar-refractivity contribution is 7.89. The minimum Gasteiger partial charge on any atom is -0.452 e. The molecule has 0 aromatic heterocycles. The molecular weight excluding hydrogens is 399 g/mol. The zero-order valence-corrected chi connectivity index (χ0v) is 17.6. The number of hydrogen-bond acceptors (Lipinski definition) is 5. The van der Waals surface area contributed by atoms with Gasteiger partial charge in [-0.3, -0.25) is 4.79 Å². The van der Waals surface area contributed by atoms with E-state index in [1.165, 1.54) is 20.5 Å². The fourth-order valence-corrected chi connectivity index (χ4v) is 5.18. The predicted octanol–water partition coefficient (Wildman–Crippen LogP) is 2.41. The van der Waals surface area contributed by atoms with Crippen LogP contribution in [0, 0.1) is 11.7 Å². The second-order valence-electron chi connectivity index (χ2n) is 7.85. The summed E-state index contributed by atoms with van der Waals surface area (Å²) in [6, 6.07) is 3.12. The highest BCUT2D eigenvalue weighted by Gasteiger charge is 2.36. The summed E-state index contributed by atoms with van der Waals surface area (Å²) < 4.78 is 44.6. The number of nitrogens with zero attached hydrogens (tertiary/aromatic N) is 2. The standard InChI is InChI=1S/C20H27FN2O5S/c1-22(2)29(26,27)15-9-10-17(21)16(12-15)20(25)28-13-19(24)23-11-5-7-14-6-3-4-8-18(14)23/h9-10,12,14,18H,3-8,11,13H2,1-2H3/t14-,18-/m0/s1. The maximum atomic E-state index is 14.1. The molecule has 2 fully saturated rings. The molecule has 1 aliphatic heterocycles. The quantitative estimate of drug-likeness (QED) is 0.675. The fraction of sp³-hybridized carbons (Fsp3) is 0.600. The van der Waals surface area contributed by atoms with Crippen molar-refractivity contribution < 1.29 is 27.1 Å². The number of amides is 1. The molecule has 1 aromatic carbocycles. The number of halogens is 1. The average molecular weight is 427 g/mol. The van der Waals surface area contributed by atoms with Gasteiger partial charge in [-0.05, 0) is 49.8 Å². The average Bonchev–Trinajstić information content (AvgIpc) is 2.71. The maximum absolute atomic E-state index is 14.1. The molecule has 1 heterocycles. The Balaban J connectivity index is 1.68. The molecule has 0 bridgehead atoms. The number of piperidine rings is 1. The van der Waals surface area contributed by atoms with Crippen LogP contribution in [0.2, 0.25) is 0 Å². The topological polar surface area (TPSA) is 84.0 Å². The Labute approximate surface area is 170 Å². The van der Waals surface area contributed by atoms with Crippen molar-refractivity contribution in [2.75, 3.05) is 27.2 Å². The van der Waals surface area contributed by atoms with Gasteiger partial charge in [-0.15, -0.1) is 0 Å². The van der Waals surface area contributed by atoms with Crippen LogP contribution in [0.15, 0.2) is 23.1 Å². The second kappa shape index (κ2) is 8.79. The summed E-state index contributed by atoms with van der Waals surface area (Å²) in [5.41, 5.74) is -0.505. The van der Waals surface area contributed by atoms with Crippen LogP contribution in [0.5, 0.6) is 0 Å². The van der Waals surface area contributed by atoms with E-state index in [-0.39, 0.29) is 16.8 Å². The number of fused-ring (bicyclic) bond motifs is 1. The van der Waals surface area contributed by atoms with E-state index < -0.39 is 34.0 Å². The summed E-state index contributed by atoms with van der Waals surface area (Å²) in [6.07, 6.45) is 6.40. The Morgan fingerprint density at radius 1 is 1.17 bits per heavy atom. The summed E-state index contributed by atoms with van der Waals surface area (Å²) in [4.78, 5) is 26.6. The molecule has 0 N–H and O–H groups in total. The van der Waals surface area contributed by atoms with Gasteiger partial charge in [0.25, 0.3) is 5.91 Å². The lowest BCUT2D eigenvalue weighted by Crippen LogP contribution is -2.50. The van der Waals surface area contributed by atoms with Gasteiger partial charge < -0.3 is 9.64 Å². The molecule has 0 unspecified atom stereocenters. The third kappa shape index (κ3) is 4.61. The van der Waals surface area contributed by atoms with Gasteiger partial charge in [0.05, 0.1) is 10.5 Å². The SMILES string of the molecule is CN(C)S(=O)(=O)c1ccc(F)c(C(=O)OCC(=O)N2CCC[C@@H]3CCCC[C@@H]32)c1. The lowest BCUT2D eigenvalue weighted by atomic mass is 9.78. The van der Waals surface area contributed by atoms with Crippen molar-refractivity contribution in [3.63, 3.8) is 0 Å². The van der Waals surface area contributed by atoms with Crippen molar-refractivity contribution in [3.8, 4) is 0 Å². The number of esters is 1. The molecule has 2 atom stereocenters. The summed E-state index contributed by atoms with van der Waals surface area (Å²) in [5, 5.41) is 0. The number of rotatable bonds is 5.